The van der Waals surface area contributed by atoms with Gasteiger partial charge in [0.05, 0.1) is 40.9 Å². The lowest BCUT2D eigenvalue weighted by Gasteiger charge is -2.32. The average molecular weight is 799 g/mol. The molecule has 0 saturated heterocycles. The highest BCUT2D eigenvalue weighted by atomic mass is 32.3. The predicted molar refractivity (Wildman–Crippen MR) is 183 cm³/mol. The van der Waals surface area contributed by atoms with Gasteiger partial charge in [0, 0.05) is 24.3 Å². The highest BCUT2D eigenvalue weighted by Crippen LogP contribution is 2.36. The van der Waals surface area contributed by atoms with Crippen molar-refractivity contribution in [2.24, 2.45) is 0 Å². The molecule has 51 heavy (non-hydrogen) atoms. The molecule has 1 aliphatic rings. The first-order valence-corrected chi connectivity index (χ1v) is 20.6. The maximum absolute atomic E-state index is 14.7. The van der Waals surface area contributed by atoms with Crippen LogP contribution in [0.25, 0.3) is 0 Å². The first kappa shape index (κ1) is 37.4. The third-order valence-corrected chi connectivity index (χ3v) is 16.2. The summed E-state index contributed by atoms with van der Waals surface area (Å²) >= 11 is 5.39. The molecule has 4 aromatic carbocycles. The number of sulfone groups is 1. The van der Waals surface area contributed by atoms with Crippen LogP contribution in [0.4, 0.5) is 21.5 Å². The van der Waals surface area contributed by atoms with Crippen LogP contribution in [0.5, 0.6) is 0 Å². The molecular weight excluding hydrogens is 776 g/mol. The molecule has 1 heterocycles. The van der Waals surface area contributed by atoms with Gasteiger partial charge in [-0.25, -0.2) is 25.5 Å². The van der Waals surface area contributed by atoms with Gasteiger partial charge in [0.15, 0.2) is 9.84 Å². The molecule has 268 valence electrons. The van der Waals surface area contributed by atoms with Crippen molar-refractivity contribution in [3.05, 3.63) is 122 Å². The van der Waals surface area contributed by atoms with E-state index in [9.17, 15) is 58.3 Å². The maximum Gasteiger partial charge on any atom is 0.279 e. The van der Waals surface area contributed by atoms with Gasteiger partial charge < -0.3 is 0 Å². The number of halogens is 1. The van der Waals surface area contributed by atoms with Gasteiger partial charge in [-0.1, -0.05) is 6.07 Å². The summed E-state index contributed by atoms with van der Waals surface area (Å²) in [7, 11) is -20.5. The summed E-state index contributed by atoms with van der Waals surface area (Å²) in [5.74, 6) is -1.22. The molecule has 0 radical (unpaired) electrons. The van der Waals surface area contributed by atoms with Crippen molar-refractivity contribution in [1.29, 1.82) is 0 Å². The zero-order valence-corrected chi connectivity index (χ0v) is 29.9. The molecule has 0 amide bonds. The van der Waals surface area contributed by atoms with Gasteiger partial charge in [-0.2, -0.15) is 16.8 Å². The minimum atomic E-state index is -5.63. The number of nitro groups is 2. The summed E-state index contributed by atoms with van der Waals surface area (Å²) in [6.45, 7) is 1.25. The molecule has 22 heteroatoms. The fraction of sp³-hybridized carbons (Fsp3) is 0.138. The summed E-state index contributed by atoms with van der Waals surface area (Å²) in [6.07, 6.45) is 0.490. The summed E-state index contributed by atoms with van der Waals surface area (Å²) in [4.78, 5) is 17.9. The predicted octanol–water partition coefficient (Wildman–Crippen LogP) is 4.23. The molecule has 0 aromatic heterocycles. The van der Waals surface area contributed by atoms with E-state index in [1.807, 2.05) is 0 Å². The lowest BCUT2D eigenvalue weighted by molar-refractivity contribution is -0.385. The first-order valence-electron chi connectivity index (χ1n) is 14.2. The SMILES string of the molecule is Cc1cc2c(cc1S(=O)(=O)N(C(=S)N(c1ccc(F)cc1)S(=O)(=O)c1ccc([N+](=O)[O-])cc1)S(=O)(=O)c1ccc([N+](=O)[O-])cc1)S(=O)(=O)CCC2. The minimum absolute atomic E-state index is 0.0773. The van der Waals surface area contributed by atoms with Crippen LogP contribution < -0.4 is 4.31 Å². The van der Waals surface area contributed by atoms with Crippen LogP contribution in [-0.2, 0) is 46.3 Å². The molecule has 0 bridgehead atoms. The van der Waals surface area contributed by atoms with E-state index in [1.54, 1.807) is 0 Å². The quantitative estimate of drug-likeness (QED) is 0.131. The van der Waals surface area contributed by atoms with E-state index in [0.29, 0.717) is 12.1 Å². The molecule has 0 fully saturated rings. The lowest BCUT2D eigenvalue weighted by atomic mass is 10.1. The number of non-ortho nitro benzene ring substituents is 2. The summed E-state index contributed by atoms with van der Waals surface area (Å²) in [6, 6.07) is 11.2. The summed E-state index contributed by atoms with van der Waals surface area (Å²) in [5, 5.41) is 21.0. The largest absolute Gasteiger partial charge is 0.279 e. The average Bonchev–Trinajstić information content (AvgIpc) is 3.05. The standard InChI is InChI=1S/C29H23FN4O12S5/c1-19-17-20-3-2-16-48(39,40)28(20)18-27(19)51(45,46)34(50(43,44)26-14-10-24(11-15-26)33(37)38)29(47)31(22-6-4-21(30)5-7-22)49(41,42)25-12-8-23(9-13-25)32(35)36/h4-15,17-18H,2-3,16H2,1H3. The number of hydrogen-bond acceptors (Lipinski definition) is 13. The number of anilines is 1. The van der Waals surface area contributed by atoms with Crippen molar-refractivity contribution in [2.75, 3.05) is 10.1 Å². The monoisotopic (exact) mass is 798 g/mol. The highest BCUT2D eigenvalue weighted by Gasteiger charge is 2.46. The summed E-state index contributed by atoms with van der Waals surface area (Å²) < 4.78 is 126. The third-order valence-electron chi connectivity index (χ3n) is 7.59. The zero-order chi connectivity index (χ0) is 37.7. The van der Waals surface area contributed by atoms with Crippen molar-refractivity contribution >= 4 is 74.3 Å². The molecule has 4 aromatic rings. The Balaban J connectivity index is 1.82. The zero-order valence-electron chi connectivity index (χ0n) is 25.8. The Morgan fingerprint density at radius 1 is 0.765 bits per heavy atom. The van der Waals surface area contributed by atoms with Crippen LogP contribution in [-0.4, -0.2) is 58.1 Å². The van der Waals surface area contributed by atoms with E-state index in [0.717, 1.165) is 66.7 Å². The Morgan fingerprint density at radius 2 is 1.25 bits per heavy atom. The molecule has 0 unspecified atom stereocenters. The van der Waals surface area contributed by atoms with Crippen molar-refractivity contribution in [1.82, 2.24) is 3.71 Å². The Labute approximate surface area is 296 Å². The molecule has 0 atom stereocenters. The fourth-order valence-electron chi connectivity index (χ4n) is 5.16. The molecule has 0 N–H and O–H groups in total. The molecule has 0 aliphatic carbocycles. The van der Waals surface area contributed by atoms with Gasteiger partial charge in [-0.05, 0) is 97.7 Å². The first-order chi connectivity index (χ1) is 23.7. The molecule has 0 spiro atoms. The van der Waals surface area contributed by atoms with Crippen LogP contribution in [0.2, 0.25) is 0 Å². The van der Waals surface area contributed by atoms with Crippen molar-refractivity contribution in [3.63, 3.8) is 0 Å². The van der Waals surface area contributed by atoms with E-state index in [4.69, 9.17) is 12.2 Å². The van der Waals surface area contributed by atoms with Crippen LogP contribution in [0.15, 0.2) is 105 Å². The van der Waals surface area contributed by atoms with Gasteiger partial charge >= 0.3 is 0 Å². The van der Waals surface area contributed by atoms with Gasteiger partial charge in [0.1, 0.15) is 5.82 Å². The van der Waals surface area contributed by atoms with E-state index < -0.39 is 101 Å². The second-order valence-corrected chi connectivity index (χ2v) is 18.9. The second-order valence-electron chi connectivity index (χ2n) is 10.9. The van der Waals surface area contributed by atoms with Crippen molar-refractivity contribution in [2.45, 2.75) is 39.3 Å². The maximum atomic E-state index is 14.7. The minimum Gasteiger partial charge on any atom is -0.258 e. The Hall–Kier alpha value is -4.90. The lowest BCUT2D eigenvalue weighted by Crippen LogP contribution is -2.51. The van der Waals surface area contributed by atoms with E-state index >= 15 is 0 Å². The van der Waals surface area contributed by atoms with Gasteiger partial charge in [-0.3, -0.25) is 20.2 Å². The number of sulfonamides is 3. The Bertz CT molecular complexity index is 2550. The fourth-order valence-corrected chi connectivity index (χ4v) is 13.0. The third kappa shape index (κ3) is 6.91. The van der Waals surface area contributed by atoms with Crippen LogP contribution in [0, 0.1) is 33.0 Å². The number of nitrogens with zero attached hydrogens (tertiary/aromatic N) is 4. The molecule has 5 rings (SSSR count). The van der Waals surface area contributed by atoms with E-state index in [2.05, 4.69) is 0 Å². The smallest absolute Gasteiger partial charge is 0.258 e. The molecule has 0 saturated carbocycles. The van der Waals surface area contributed by atoms with Crippen LogP contribution in [0.1, 0.15) is 17.5 Å². The summed E-state index contributed by atoms with van der Waals surface area (Å²) in [5.41, 5.74) is -1.57. The molecule has 16 nitrogen and oxygen atoms in total. The van der Waals surface area contributed by atoms with Gasteiger partial charge in [0.25, 0.3) is 41.4 Å². The second kappa shape index (κ2) is 13.3. The van der Waals surface area contributed by atoms with E-state index in [1.165, 1.54) is 13.0 Å². The van der Waals surface area contributed by atoms with Crippen LogP contribution in [0.3, 0.4) is 0 Å². The van der Waals surface area contributed by atoms with Crippen molar-refractivity contribution in [3.8, 4) is 0 Å². The number of hydrogen-bond donors (Lipinski definition) is 0. The van der Waals surface area contributed by atoms with Gasteiger partial charge in [-0.15, -0.1) is 3.71 Å². The van der Waals surface area contributed by atoms with Gasteiger partial charge in [0.2, 0.25) is 5.11 Å². The van der Waals surface area contributed by atoms with E-state index in [-0.39, 0.29) is 34.0 Å². The highest BCUT2D eigenvalue weighted by molar-refractivity contribution is 8.06. The topological polar surface area (TPSA) is 229 Å². The molecule has 1 aliphatic heterocycles. The normalized spacial score (nSPS) is 14.2. The number of thiocarbonyl (C=S) groups is 1. The molecular formula is C29H23FN4O12S5. The Kier molecular flexibility index (Phi) is 9.77. The van der Waals surface area contributed by atoms with Crippen molar-refractivity contribution < 1.29 is 47.9 Å². The number of aryl methyl sites for hydroxylation is 2. The number of rotatable bonds is 9. The Morgan fingerprint density at radius 3 is 1.75 bits per heavy atom. The number of benzene rings is 4. The van der Waals surface area contributed by atoms with Crippen LogP contribution >= 0.6 is 12.2 Å². The number of fused-ring (bicyclic) bond motifs is 1. The number of nitro benzene ring substituents is 2.